The molecule has 3 heteroatoms. The zero-order valence-electron chi connectivity index (χ0n) is 12.2. The maximum absolute atomic E-state index is 3.22. The highest BCUT2D eigenvalue weighted by Gasteiger charge is 2.28. The summed E-state index contributed by atoms with van der Waals surface area (Å²) >= 11 is 0. The predicted molar refractivity (Wildman–Crippen MR) is 78.0 cm³/mol. The molecule has 0 spiro atoms. The first kappa shape index (κ1) is 14.3. The third kappa shape index (κ3) is 4.52. The van der Waals surface area contributed by atoms with E-state index in [4.69, 9.17) is 0 Å². The maximum atomic E-state index is 3.22. The van der Waals surface area contributed by atoms with Gasteiger partial charge in [-0.3, -0.25) is 4.90 Å². The van der Waals surface area contributed by atoms with Crippen molar-refractivity contribution in [3.05, 3.63) is 0 Å². The molecule has 0 bridgehead atoms. The van der Waals surface area contributed by atoms with Crippen LogP contribution in [0.25, 0.3) is 0 Å². The average Bonchev–Trinajstić information content (AvgIpc) is 3.03. The van der Waals surface area contributed by atoms with Crippen molar-refractivity contribution in [1.29, 1.82) is 0 Å². The second kappa shape index (κ2) is 8.13. The molecule has 0 aliphatic carbocycles. The molecule has 18 heavy (non-hydrogen) atoms. The van der Waals surface area contributed by atoms with Gasteiger partial charge in [-0.2, -0.15) is 0 Å². The first-order chi connectivity index (χ1) is 8.90. The normalized spacial score (nSPS) is 26.2. The minimum atomic E-state index is 0.886. The van der Waals surface area contributed by atoms with E-state index in [0.29, 0.717) is 0 Å². The Bertz CT molecular complexity index is 214. The van der Waals surface area contributed by atoms with Gasteiger partial charge in [-0.1, -0.05) is 12.8 Å². The molecule has 1 atom stereocenters. The van der Waals surface area contributed by atoms with Crippen LogP contribution < -0.4 is 5.32 Å². The van der Waals surface area contributed by atoms with Crippen LogP contribution in [0.15, 0.2) is 0 Å². The maximum Gasteiger partial charge on any atom is 0.0235 e. The molecule has 2 aliphatic rings. The van der Waals surface area contributed by atoms with Crippen LogP contribution >= 0.6 is 0 Å². The molecular formula is C15H31N3. The molecule has 0 aromatic carbocycles. The lowest BCUT2D eigenvalue weighted by Gasteiger charge is -2.23. The van der Waals surface area contributed by atoms with Crippen molar-refractivity contribution in [1.82, 2.24) is 15.1 Å². The lowest BCUT2D eigenvalue weighted by molar-refractivity contribution is 0.231. The van der Waals surface area contributed by atoms with Gasteiger partial charge in [0, 0.05) is 12.6 Å². The predicted octanol–water partition coefficient (Wildman–Crippen LogP) is 1.94. The minimum absolute atomic E-state index is 0.886. The van der Waals surface area contributed by atoms with Gasteiger partial charge < -0.3 is 10.2 Å². The highest BCUT2D eigenvalue weighted by Crippen LogP contribution is 2.20. The molecule has 2 heterocycles. The molecule has 0 saturated carbocycles. The minimum Gasteiger partial charge on any atom is -0.320 e. The zero-order chi connectivity index (χ0) is 12.6. The van der Waals surface area contributed by atoms with Gasteiger partial charge in [0.05, 0.1) is 0 Å². The number of nitrogens with zero attached hydrogens (tertiary/aromatic N) is 2. The van der Waals surface area contributed by atoms with Gasteiger partial charge in [0.15, 0.2) is 0 Å². The molecule has 3 nitrogen and oxygen atoms in total. The molecule has 1 unspecified atom stereocenters. The van der Waals surface area contributed by atoms with Crippen LogP contribution in [0, 0.1) is 0 Å². The van der Waals surface area contributed by atoms with E-state index in [1.165, 1.54) is 84.2 Å². The van der Waals surface area contributed by atoms with Crippen molar-refractivity contribution in [3.63, 3.8) is 0 Å². The van der Waals surface area contributed by atoms with E-state index in [9.17, 15) is 0 Å². The highest BCUT2D eigenvalue weighted by atomic mass is 15.3. The van der Waals surface area contributed by atoms with Gasteiger partial charge in [0.2, 0.25) is 0 Å². The standard InChI is InChI=1S/C15H31N3/c1-16-9-4-2-3-5-10-17-13-8-15(14-17)18-11-6-7-12-18/h15-16H,2-14H2,1H3. The second-order valence-corrected chi connectivity index (χ2v) is 6.00. The Labute approximate surface area is 113 Å². The number of likely N-dealkylation sites (tertiary alicyclic amines) is 2. The van der Waals surface area contributed by atoms with E-state index in [1.807, 2.05) is 7.05 Å². The summed E-state index contributed by atoms with van der Waals surface area (Å²) in [6.45, 7) is 7.93. The number of hydrogen-bond donors (Lipinski definition) is 1. The van der Waals surface area contributed by atoms with Crippen LogP contribution in [0.1, 0.15) is 44.9 Å². The number of hydrogen-bond acceptors (Lipinski definition) is 3. The fraction of sp³-hybridized carbons (Fsp3) is 1.00. The van der Waals surface area contributed by atoms with Crippen molar-refractivity contribution in [2.75, 3.05) is 46.3 Å². The van der Waals surface area contributed by atoms with E-state index in [-0.39, 0.29) is 0 Å². The van der Waals surface area contributed by atoms with Crippen LogP contribution in [0.4, 0.5) is 0 Å². The van der Waals surface area contributed by atoms with Crippen molar-refractivity contribution in [3.8, 4) is 0 Å². The topological polar surface area (TPSA) is 18.5 Å². The Morgan fingerprint density at radius 1 is 1.00 bits per heavy atom. The molecule has 0 radical (unpaired) electrons. The zero-order valence-corrected chi connectivity index (χ0v) is 12.2. The van der Waals surface area contributed by atoms with Crippen LogP contribution in [0.5, 0.6) is 0 Å². The summed E-state index contributed by atoms with van der Waals surface area (Å²) in [6, 6.07) is 0.886. The summed E-state index contributed by atoms with van der Waals surface area (Å²) in [7, 11) is 2.04. The molecule has 1 N–H and O–H groups in total. The first-order valence-electron chi connectivity index (χ1n) is 8.01. The smallest absolute Gasteiger partial charge is 0.0235 e. The summed E-state index contributed by atoms with van der Waals surface area (Å²) < 4.78 is 0. The van der Waals surface area contributed by atoms with Crippen LogP contribution in [-0.4, -0.2) is 62.2 Å². The van der Waals surface area contributed by atoms with Gasteiger partial charge in [0.25, 0.3) is 0 Å². The van der Waals surface area contributed by atoms with Gasteiger partial charge in [-0.15, -0.1) is 0 Å². The summed E-state index contributed by atoms with van der Waals surface area (Å²) in [5.41, 5.74) is 0. The lowest BCUT2D eigenvalue weighted by Crippen LogP contribution is -2.35. The van der Waals surface area contributed by atoms with Crippen LogP contribution in [-0.2, 0) is 0 Å². The molecule has 2 fully saturated rings. The summed E-state index contributed by atoms with van der Waals surface area (Å²) in [5.74, 6) is 0. The number of unbranched alkanes of at least 4 members (excludes halogenated alkanes) is 3. The monoisotopic (exact) mass is 253 g/mol. The van der Waals surface area contributed by atoms with E-state index in [0.717, 1.165) is 6.04 Å². The van der Waals surface area contributed by atoms with Crippen molar-refractivity contribution < 1.29 is 0 Å². The van der Waals surface area contributed by atoms with E-state index in [2.05, 4.69) is 15.1 Å². The lowest BCUT2D eigenvalue weighted by atomic mass is 10.2. The van der Waals surface area contributed by atoms with Gasteiger partial charge in [-0.25, -0.2) is 0 Å². The fourth-order valence-corrected chi connectivity index (χ4v) is 3.41. The SMILES string of the molecule is CNCCCCCCN1CCC(N2CCCC2)C1. The van der Waals surface area contributed by atoms with Crippen molar-refractivity contribution in [2.45, 2.75) is 51.0 Å². The van der Waals surface area contributed by atoms with Crippen molar-refractivity contribution >= 4 is 0 Å². The van der Waals surface area contributed by atoms with Gasteiger partial charge in [0.1, 0.15) is 0 Å². The molecule has 0 aromatic heterocycles. The van der Waals surface area contributed by atoms with E-state index >= 15 is 0 Å². The summed E-state index contributed by atoms with van der Waals surface area (Å²) in [4.78, 5) is 5.42. The third-order valence-corrected chi connectivity index (χ3v) is 4.56. The molecular weight excluding hydrogens is 222 g/mol. The highest BCUT2D eigenvalue weighted by molar-refractivity contribution is 4.85. The second-order valence-electron chi connectivity index (χ2n) is 6.00. The van der Waals surface area contributed by atoms with Crippen LogP contribution in [0.2, 0.25) is 0 Å². The Balaban J connectivity index is 1.50. The van der Waals surface area contributed by atoms with Gasteiger partial charge >= 0.3 is 0 Å². The molecule has 0 amide bonds. The molecule has 0 aromatic rings. The van der Waals surface area contributed by atoms with E-state index < -0.39 is 0 Å². The first-order valence-corrected chi connectivity index (χ1v) is 8.01. The average molecular weight is 253 g/mol. The molecule has 2 rings (SSSR count). The largest absolute Gasteiger partial charge is 0.320 e. The van der Waals surface area contributed by atoms with Crippen LogP contribution in [0.3, 0.4) is 0 Å². The Morgan fingerprint density at radius 2 is 1.78 bits per heavy atom. The van der Waals surface area contributed by atoms with Gasteiger partial charge in [-0.05, 0) is 71.9 Å². The number of rotatable bonds is 8. The Kier molecular flexibility index (Phi) is 6.46. The number of nitrogens with one attached hydrogen (secondary N) is 1. The summed E-state index contributed by atoms with van der Waals surface area (Å²) in [6.07, 6.45) is 9.82. The third-order valence-electron chi connectivity index (χ3n) is 4.56. The van der Waals surface area contributed by atoms with Crippen molar-refractivity contribution in [2.24, 2.45) is 0 Å². The summed E-state index contributed by atoms with van der Waals surface area (Å²) in [5, 5.41) is 3.22. The Morgan fingerprint density at radius 3 is 2.56 bits per heavy atom. The van der Waals surface area contributed by atoms with E-state index in [1.54, 1.807) is 0 Å². The molecule has 2 aliphatic heterocycles. The molecule has 106 valence electrons. The fourth-order valence-electron chi connectivity index (χ4n) is 3.41. The quantitative estimate of drug-likeness (QED) is 0.667. The Hall–Kier alpha value is -0.120. The molecule has 2 saturated heterocycles.